The summed E-state index contributed by atoms with van der Waals surface area (Å²) in [6.45, 7) is 0.0395. The molecule has 218 valence electrons. The number of nitrogens with zero attached hydrogens (tertiary/aromatic N) is 2. The first kappa shape index (κ1) is 25.0. The fourth-order valence-corrected chi connectivity index (χ4v) is 8.13. The second-order valence-electron chi connectivity index (χ2n) is 12.5. The third kappa shape index (κ3) is 3.32. The molecule has 0 spiro atoms. The Morgan fingerprint density at radius 1 is 0.404 bits per heavy atom. The highest BCUT2D eigenvalue weighted by molar-refractivity contribution is 6.98. The van der Waals surface area contributed by atoms with Gasteiger partial charge in [-0.2, -0.15) is 0 Å². The van der Waals surface area contributed by atoms with Crippen LogP contribution in [0.25, 0.3) is 55.0 Å². The average molecular weight is 600 g/mol. The van der Waals surface area contributed by atoms with Crippen LogP contribution >= 0.6 is 0 Å². The average Bonchev–Trinajstić information content (AvgIpc) is 3.64. The van der Waals surface area contributed by atoms with Gasteiger partial charge in [-0.25, -0.2) is 0 Å². The van der Waals surface area contributed by atoms with Crippen LogP contribution in [0.15, 0.2) is 152 Å². The second kappa shape index (κ2) is 9.18. The van der Waals surface area contributed by atoms with Crippen LogP contribution in [0.3, 0.4) is 0 Å². The highest BCUT2D eigenvalue weighted by Gasteiger charge is 2.40. The minimum Gasteiger partial charge on any atom is -0.458 e. The Hall–Kier alpha value is -6.20. The lowest BCUT2D eigenvalue weighted by molar-refractivity contribution is 0.464. The summed E-state index contributed by atoms with van der Waals surface area (Å²) in [5.74, 6) is 3.49. The van der Waals surface area contributed by atoms with Crippen molar-refractivity contribution in [1.29, 1.82) is 0 Å². The van der Waals surface area contributed by atoms with Crippen LogP contribution < -0.4 is 25.9 Å². The van der Waals surface area contributed by atoms with E-state index >= 15 is 0 Å². The molecular weight excluding hydrogens is 575 g/mol. The molecule has 47 heavy (non-hydrogen) atoms. The molecule has 0 fully saturated rings. The maximum atomic E-state index is 6.72. The van der Waals surface area contributed by atoms with Gasteiger partial charge in [0.1, 0.15) is 23.0 Å². The van der Waals surface area contributed by atoms with Crippen molar-refractivity contribution < 1.29 is 9.47 Å². The summed E-state index contributed by atoms with van der Waals surface area (Å²) in [5, 5.41) is 4.93. The highest BCUT2D eigenvalue weighted by Crippen LogP contribution is 2.43. The molecular formula is C42H25BN2O2. The summed E-state index contributed by atoms with van der Waals surface area (Å²) < 4.78 is 17.9. The van der Waals surface area contributed by atoms with Crippen LogP contribution in [0.5, 0.6) is 23.0 Å². The van der Waals surface area contributed by atoms with Gasteiger partial charge in [-0.05, 0) is 65.5 Å². The van der Waals surface area contributed by atoms with Gasteiger partial charge >= 0.3 is 0 Å². The van der Waals surface area contributed by atoms with E-state index in [0.717, 1.165) is 50.8 Å². The van der Waals surface area contributed by atoms with Gasteiger partial charge in [0.15, 0.2) is 0 Å². The van der Waals surface area contributed by atoms with Crippen molar-refractivity contribution >= 4 is 66.7 Å². The summed E-state index contributed by atoms with van der Waals surface area (Å²) in [5.41, 5.74) is 10.4. The predicted octanol–water partition coefficient (Wildman–Crippen LogP) is 8.61. The molecule has 9 aromatic rings. The van der Waals surface area contributed by atoms with E-state index in [1.54, 1.807) is 0 Å². The molecule has 2 aromatic heterocycles. The highest BCUT2D eigenvalue weighted by atomic mass is 16.5. The van der Waals surface area contributed by atoms with Gasteiger partial charge in [0.2, 0.25) is 0 Å². The largest absolute Gasteiger partial charge is 0.458 e. The maximum Gasteiger partial charge on any atom is 0.260 e. The van der Waals surface area contributed by atoms with E-state index in [4.69, 9.17) is 9.47 Å². The first-order chi connectivity index (χ1) is 23.3. The topological polar surface area (TPSA) is 28.3 Å². The minimum atomic E-state index is 0.0395. The van der Waals surface area contributed by atoms with E-state index in [-0.39, 0.29) is 6.71 Å². The fourth-order valence-electron chi connectivity index (χ4n) is 8.13. The van der Waals surface area contributed by atoms with Crippen LogP contribution in [0, 0.1) is 0 Å². The summed E-state index contributed by atoms with van der Waals surface area (Å²) in [7, 11) is 0. The molecule has 11 rings (SSSR count). The summed E-state index contributed by atoms with van der Waals surface area (Å²) in [6.07, 6.45) is 0. The molecule has 5 heteroatoms. The van der Waals surface area contributed by atoms with Crippen LogP contribution in [0.2, 0.25) is 0 Å². The fraction of sp³-hybridized carbons (Fsp3) is 0. The molecule has 0 N–H and O–H groups in total. The molecule has 2 aliphatic heterocycles. The van der Waals surface area contributed by atoms with Crippen molar-refractivity contribution in [3.05, 3.63) is 152 Å². The number of para-hydroxylation sites is 4. The summed E-state index contributed by atoms with van der Waals surface area (Å²) >= 11 is 0. The van der Waals surface area contributed by atoms with Gasteiger partial charge in [-0.3, -0.25) is 0 Å². The van der Waals surface area contributed by atoms with E-state index < -0.39 is 0 Å². The molecule has 4 heterocycles. The van der Waals surface area contributed by atoms with Crippen molar-refractivity contribution in [2.45, 2.75) is 0 Å². The molecule has 4 nitrogen and oxygen atoms in total. The molecule has 0 radical (unpaired) electrons. The Morgan fingerprint density at radius 3 is 1.91 bits per heavy atom. The van der Waals surface area contributed by atoms with Gasteiger partial charge in [0.25, 0.3) is 6.71 Å². The van der Waals surface area contributed by atoms with E-state index in [1.165, 1.54) is 43.6 Å². The Labute approximate surface area is 270 Å². The van der Waals surface area contributed by atoms with Gasteiger partial charge in [-0.15, -0.1) is 0 Å². The van der Waals surface area contributed by atoms with Gasteiger partial charge < -0.3 is 18.6 Å². The number of aromatic nitrogens is 2. The van der Waals surface area contributed by atoms with Crippen LogP contribution in [0.4, 0.5) is 0 Å². The van der Waals surface area contributed by atoms with E-state index in [0.29, 0.717) is 0 Å². The Bertz CT molecular complexity index is 2760. The number of hydrogen-bond acceptors (Lipinski definition) is 2. The Morgan fingerprint density at radius 2 is 1.06 bits per heavy atom. The molecule has 7 aromatic carbocycles. The minimum absolute atomic E-state index is 0.0395. The smallest absolute Gasteiger partial charge is 0.260 e. The lowest BCUT2D eigenvalue weighted by Gasteiger charge is -2.33. The van der Waals surface area contributed by atoms with Crippen molar-refractivity contribution in [2.75, 3.05) is 0 Å². The van der Waals surface area contributed by atoms with E-state index in [2.05, 4.69) is 143 Å². The SMILES string of the molecule is c1ccc(-n2c3ccccc3c3c2ccc2c4ccccc4n(-c4ccc5c(c4)Oc4cccc6c4B5c4ccccc4O6)c23)cc1. The first-order valence-corrected chi connectivity index (χ1v) is 16.1. The maximum absolute atomic E-state index is 6.72. The number of benzene rings is 7. The first-order valence-electron chi connectivity index (χ1n) is 16.1. The van der Waals surface area contributed by atoms with Crippen LogP contribution in [-0.4, -0.2) is 15.8 Å². The molecule has 0 saturated heterocycles. The third-order valence-corrected chi connectivity index (χ3v) is 10.0. The quantitative estimate of drug-likeness (QED) is 0.186. The van der Waals surface area contributed by atoms with E-state index in [9.17, 15) is 0 Å². The van der Waals surface area contributed by atoms with Gasteiger partial charge in [-0.1, -0.05) is 91.0 Å². The van der Waals surface area contributed by atoms with Gasteiger partial charge in [0.05, 0.1) is 22.1 Å². The predicted molar refractivity (Wildman–Crippen MR) is 193 cm³/mol. The lowest BCUT2D eigenvalue weighted by atomic mass is 9.35. The van der Waals surface area contributed by atoms with Crippen molar-refractivity contribution in [1.82, 2.24) is 9.13 Å². The molecule has 0 saturated carbocycles. The number of fused-ring (bicyclic) bond motifs is 11. The summed E-state index contributed by atoms with van der Waals surface area (Å²) in [4.78, 5) is 0. The van der Waals surface area contributed by atoms with Crippen LogP contribution in [-0.2, 0) is 0 Å². The van der Waals surface area contributed by atoms with Crippen molar-refractivity contribution in [2.24, 2.45) is 0 Å². The normalized spacial score (nSPS) is 13.0. The zero-order chi connectivity index (χ0) is 30.6. The molecule has 0 aliphatic carbocycles. The van der Waals surface area contributed by atoms with E-state index in [1.807, 2.05) is 18.2 Å². The zero-order valence-electron chi connectivity index (χ0n) is 25.2. The Kier molecular flexibility index (Phi) is 4.89. The third-order valence-electron chi connectivity index (χ3n) is 10.0. The van der Waals surface area contributed by atoms with Crippen molar-refractivity contribution in [3.63, 3.8) is 0 Å². The molecule has 0 unspecified atom stereocenters. The number of rotatable bonds is 2. The van der Waals surface area contributed by atoms with Crippen molar-refractivity contribution in [3.8, 4) is 34.4 Å². The second-order valence-corrected chi connectivity index (χ2v) is 12.5. The lowest BCUT2D eigenvalue weighted by Crippen LogP contribution is -2.57. The standard InChI is InChI=1S/C42H25BN2O2/c1-2-11-26(12-3-1)44-34-17-8-5-14-30(34)40-35(44)24-22-29-28-13-4-7-16-33(28)45(42(29)40)27-21-23-32-39(25-27)47-38-20-10-19-37-41(38)43(32)31-15-6-9-18-36(31)46-37/h1-25H. The zero-order valence-corrected chi connectivity index (χ0v) is 25.2. The Balaban J connectivity index is 1.22. The monoisotopic (exact) mass is 600 g/mol. The van der Waals surface area contributed by atoms with Gasteiger partial charge in [0, 0.05) is 44.4 Å². The molecule has 0 amide bonds. The summed E-state index contributed by atoms with van der Waals surface area (Å²) in [6, 6.07) is 53.9. The number of ether oxygens (including phenoxy) is 2. The number of hydrogen-bond donors (Lipinski definition) is 0. The van der Waals surface area contributed by atoms with Crippen LogP contribution in [0.1, 0.15) is 0 Å². The molecule has 0 bridgehead atoms. The molecule has 0 atom stereocenters. The molecule has 2 aliphatic rings.